The molecule has 1 aromatic heterocycles. The minimum absolute atomic E-state index is 0.0398. The largest absolute Gasteiger partial charge is 0.405 e. The molecule has 2 rings (SSSR count). The number of aromatic nitrogens is 2. The Balaban J connectivity index is 2.06. The lowest BCUT2D eigenvalue weighted by molar-refractivity contribution is -0.115. The van der Waals surface area contributed by atoms with Crippen LogP contribution in [0.1, 0.15) is 11.3 Å². The molecular formula is C9H11F3N4. The van der Waals surface area contributed by atoms with Crippen LogP contribution >= 0.6 is 0 Å². The third-order valence-electron chi connectivity index (χ3n) is 2.26. The highest BCUT2D eigenvalue weighted by molar-refractivity contribution is 5.31. The van der Waals surface area contributed by atoms with Crippen molar-refractivity contribution < 1.29 is 13.2 Å². The van der Waals surface area contributed by atoms with Crippen LogP contribution in [0.3, 0.4) is 0 Å². The summed E-state index contributed by atoms with van der Waals surface area (Å²) in [5.74, 6) is 0.0398. The lowest BCUT2D eigenvalue weighted by Crippen LogP contribution is -2.26. The third-order valence-corrected chi connectivity index (χ3v) is 2.26. The Morgan fingerprint density at radius 1 is 1.44 bits per heavy atom. The van der Waals surface area contributed by atoms with Gasteiger partial charge in [0.2, 0.25) is 5.95 Å². The zero-order chi connectivity index (χ0) is 11.6. The van der Waals surface area contributed by atoms with Gasteiger partial charge in [0.25, 0.3) is 0 Å². The second-order valence-corrected chi connectivity index (χ2v) is 3.56. The van der Waals surface area contributed by atoms with Crippen LogP contribution in [0.4, 0.5) is 19.1 Å². The van der Waals surface area contributed by atoms with Crippen molar-refractivity contribution >= 4 is 5.95 Å². The summed E-state index contributed by atoms with van der Waals surface area (Å²) in [5.41, 5.74) is 1.77. The van der Waals surface area contributed by atoms with Gasteiger partial charge in [0.1, 0.15) is 6.54 Å². The standard InChI is InChI=1S/C9H11F3N4/c10-9(11,12)5-15-8-14-4-6-3-13-2-1-7(6)16-8/h4,13H,1-3,5H2,(H,14,15,16). The third kappa shape index (κ3) is 2.82. The number of nitrogens with one attached hydrogen (secondary N) is 2. The van der Waals surface area contributed by atoms with E-state index >= 15 is 0 Å². The van der Waals surface area contributed by atoms with Crippen LogP contribution < -0.4 is 10.6 Å². The first kappa shape index (κ1) is 11.1. The van der Waals surface area contributed by atoms with Crippen molar-refractivity contribution in [2.45, 2.75) is 19.1 Å². The quantitative estimate of drug-likeness (QED) is 0.801. The average Bonchev–Trinajstić information content (AvgIpc) is 2.25. The van der Waals surface area contributed by atoms with Crippen molar-refractivity contribution in [1.82, 2.24) is 15.3 Å². The molecule has 0 fully saturated rings. The molecule has 0 aromatic carbocycles. The van der Waals surface area contributed by atoms with Crippen LogP contribution in [0.2, 0.25) is 0 Å². The van der Waals surface area contributed by atoms with Gasteiger partial charge in [0.15, 0.2) is 0 Å². The van der Waals surface area contributed by atoms with Gasteiger partial charge < -0.3 is 10.6 Å². The maximum Gasteiger partial charge on any atom is 0.405 e. The number of rotatable bonds is 2. The molecule has 0 spiro atoms. The fourth-order valence-electron chi connectivity index (χ4n) is 1.50. The number of nitrogens with zero attached hydrogens (tertiary/aromatic N) is 2. The highest BCUT2D eigenvalue weighted by atomic mass is 19.4. The normalized spacial score (nSPS) is 15.7. The molecular weight excluding hydrogens is 221 g/mol. The predicted octanol–water partition coefficient (Wildman–Crippen LogP) is 1.10. The summed E-state index contributed by atoms with van der Waals surface area (Å²) in [6, 6.07) is 0. The van der Waals surface area contributed by atoms with Gasteiger partial charge in [-0.2, -0.15) is 13.2 Å². The van der Waals surface area contributed by atoms with Gasteiger partial charge in [-0.05, 0) is 0 Å². The van der Waals surface area contributed by atoms with Crippen molar-refractivity contribution in [3.63, 3.8) is 0 Å². The lowest BCUT2D eigenvalue weighted by atomic mass is 10.1. The number of fused-ring (bicyclic) bond motifs is 1. The molecule has 4 nitrogen and oxygen atoms in total. The monoisotopic (exact) mass is 232 g/mol. The predicted molar refractivity (Wildman–Crippen MR) is 52.0 cm³/mol. The Morgan fingerprint density at radius 2 is 2.25 bits per heavy atom. The number of hydrogen-bond donors (Lipinski definition) is 2. The molecule has 88 valence electrons. The Kier molecular flexibility index (Phi) is 2.95. The van der Waals surface area contributed by atoms with Crippen molar-refractivity contribution in [3.8, 4) is 0 Å². The van der Waals surface area contributed by atoms with E-state index in [0.29, 0.717) is 6.54 Å². The topological polar surface area (TPSA) is 49.8 Å². The second kappa shape index (κ2) is 4.25. The molecule has 1 aliphatic heterocycles. The van der Waals surface area contributed by atoms with Crippen molar-refractivity contribution in [1.29, 1.82) is 0 Å². The minimum Gasteiger partial charge on any atom is -0.345 e. The van der Waals surface area contributed by atoms with Crippen LogP contribution in [-0.4, -0.2) is 29.2 Å². The molecule has 2 heterocycles. The van der Waals surface area contributed by atoms with E-state index < -0.39 is 12.7 Å². The van der Waals surface area contributed by atoms with Gasteiger partial charge >= 0.3 is 6.18 Å². The fraction of sp³-hybridized carbons (Fsp3) is 0.556. The minimum atomic E-state index is -4.25. The molecule has 0 radical (unpaired) electrons. The van der Waals surface area contributed by atoms with Gasteiger partial charge in [-0.25, -0.2) is 9.97 Å². The Morgan fingerprint density at radius 3 is 3.00 bits per heavy atom. The molecule has 0 amide bonds. The summed E-state index contributed by atoms with van der Waals surface area (Å²) in [7, 11) is 0. The molecule has 16 heavy (non-hydrogen) atoms. The number of halogens is 3. The first-order valence-electron chi connectivity index (χ1n) is 4.91. The lowest BCUT2D eigenvalue weighted by Gasteiger charge is -2.16. The van der Waals surface area contributed by atoms with E-state index in [4.69, 9.17) is 0 Å². The van der Waals surface area contributed by atoms with Gasteiger partial charge in [0.05, 0.1) is 5.69 Å². The van der Waals surface area contributed by atoms with Crippen LogP contribution in [0.5, 0.6) is 0 Å². The first-order valence-corrected chi connectivity index (χ1v) is 4.91. The zero-order valence-corrected chi connectivity index (χ0v) is 8.43. The summed E-state index contributed by atoms with van der Waals surface area (Å²) in [6.07, 6.45) is -1.97. The Labute approximate surface area is 90.3 Å². The van der Waals surface area contributed by atoms with E-state index in [2.05, 4.69) is 20.6 Å². The second-order valence-electron chi connectivity index (χ2n) is 3.56. The van der Waals surface area contributed by atoms with E-state index in [1.807, 2.05) is 0 Å². The van der Waals surface area contributed by atoms with E-state index in [0.717, 1.165) is 24.2 Å². The van der Waals surface area contributed by atoms with Crippen molar-refractivity contribution in [3.05, 3.63) is 17.5 Å². The summed E-state index contributed by atoms with van der Waals surface area (Å²) in [5, 5.41) is 5.30. The van der Waals surface area contributed by atoms with Crippen LogP contribution in [0, 0.1) is 0 Å². The Bertz CT molecular complexity index is 378. The summed E-state index contributed by atoms with van der Waals surface area (Å²) < 4.78 is 35.9. The first-order chi connectivity index (χ1) is 7.54. The molecule has 2 N–H and O–H groups in total. The Hall–Kier alpha value is -1.37. The molecule has 0 unspecified atom stereocenters. The van der Waals surface area contributed by atoms with E-state index in [9.17, 15) is 13.2 Å². The zero-order valence-electron chi connectivity index (χ0n) is 8.43. The fourth-order valence-corrected chi connectivity index (χ4v) is 1.50. The van der Waals surface area contributed by atoms with E-state index in [1.165, 1.54) is 0 Å². The van der Waals surface area contributed by atoms with Crippen LogP contribution in [-0.2, 0) is 13.0 Å². The molecule has 1 aliphatic rings. The highest BCUT2D eigenvalue weighted by Gasteiger charge is 2.27. The molecule has 0 saturated carbocycles. The maximum atomic E-state index is 12.0. The SMILES string of the molecule is FC(F)(F)CNc1ncc2c(n1)CCNC2. The molecule has 7 heteroatoms. The molecule has 0 atom stereocenters. The summed E-state index contributed by atoms with van der Waals surface area (Å²) in [4.78, 5) is 7.89. The van der Waals surface area contributed by atoms with Gasteiger partial charge in [-0.1, -0.05) is 0 Å². The number of alkyl halides is 3. The molecule has 0 saturated heterocycles. The van der Waals surface area contributed by atoms with E-state index in [1.54, 1.807) is 6.20 Å². The molecule has 1 aromatic rings. The van der Waals surface area contributed by atoms with Crippen molar-refractivity contribution in [2.24, 2.45) is 0 Å². The van der Waals surface area contributed by atoms with Crippen LogP contribution in [0.25, 0.3) is 0 Å². The number of hydrogen-bond acceptors (Lipinski definition) is 4. The summed E-state index contributed by atoms with van der Waals surface area (Å²) >= 11 is 0. The number of anilines is 1. The van der Waals surface area contributed by atoms with Gasteiger partial charge in [-0.15, -0.1) is 0 Å². The van der Waals surface area contributed by atoms with Gasteiger partial charge in [0, 0.05) is 31.3 Å². The van der Waals surface area contributed by atoms with Crippen molar-refractivity contribution in [2.75, 3.05) is 18.4 Å². The maximum absolute atomic E-state index is 12.0. The van der Waals surface area contributed by atoms with E-state index in [-0.39, 0.29) is 5.95 Å². The smallest absolute Gasteiger partial charge is 0.345 e. The molecule has 0 bridgehead atoms. The average molecular weight is 232 g/mol. The van der Waals surface area contributed by atoms with Crippen LogP contribution in [0.15, 0.2) is 6.20 Å². The molecule has 0 aliphatic carbocycles. The van der Waals surface area contributed by atoms with Gasteiger partial charge in [-0.3, -0.25) is 0 Å². The summed E-state index contributed by atoms with van der Waals surface area (Å²) in [6.45, 7) is 0.363. The highest BCUT2D eigenvalue weighted by Crippen LogP contribution is 2.16.